The SMILES string of the molecule is Cc1c(C)c(C)c(S(=O)(=O)N=C(N)C(Cl)(Cl)Cl)c(C)c1C. The highest BCUT2D eigenvalue weighted by Gasteiger charge is 2.30. The van der Waals surface area contributed by atoms with E-state index in [9.17, 15) is 8.42 Å². The minimum Gasteiger partial charge on any atom is -0.383 e. The Kier molecular flexibility index (Phi) is 5.26. The lowest BCUT2D eigenvalue weighted by molar-refractivity contribution is 0.596. The third-order valence-corrected chi connectivity index (χ3v) is 5.84. The molecular formula is C13H17Cl3N2O2S. The van der Waals surface area contributed by atoms with Gasteiger partial charge >= 0.3 is 0 Å². The van der Waals surface area contributed by atoms with Crippen molar-refractivity contribution >= 4 is 50.7 Å². The van der Waals surface area contributed by atoms with Gasteiger partial charge in [-0.05, 0) is 62.4 Å². The van der Waals surface area contributed by atoms with E-state index in [1.54, 1.807) is 13.8 Å². The summed E-state index contributed by atoms with van der Waals surface area (Å²) in [6.45, 7) is 9.11. The molecule has 0 unspecified atom stereocenters. The van der Waals surface area contributed by atoms with Crippen LogP contribution in [0.1, 0.15) is 27.8 Å². The molecule has 118 valence electrons. The molecule has 0 saturated heterocycles. The van der Waals surface area contributed by atoms with Crippen LogP contribution < -0.4 is 5.73 Å². The van der Waals surface area contributed by atoms with Crippen molar-refractivity contribution in [2.45, 2.75) is 43.3 Å². The predicted octanol–water partition coefficient (Wildman–Crippen LogP) is 3.64. The van der Waals surface area contributed by atoms with Crippen LogP contribution in [0.15, 0.2) is 9.29 Å². The van der Waals surface area contributed by atoms with Gasteiger partial charge in [-0.3, -0.25) is 0 Å². The molecule has 0 aliphatic heterocycles. The van der Waals surface area contributed by atoms with Crippen LogP contribution in [0.25, 0.3) is 0 Å². The largest absolute Gasteiger partial charge is 0.383 e. The molecule has 0 bridgehead atoms. The number of hydrogen-bond acceptors (Lipinski definition) is 2. The molecule has 0 saturated carbocycles. The van der Waals surface area contributed by atoms with Gasteiger partial charge in [-0.15, -0.1) is 4.40 Å². The first-order valence-electron chi connectivity index (χ1n) is 6.05. The zero-order chi connectivity index (χ0) is 16.7. The van der Waals surface area contributed by atoms with Crippen LogP contribution in [0, 0.1) is 34.6 Å². The van der Waals surface area contributed by atoms with Gasteiger partial charge in [0.2, 0.25) is 3.79 Å². The molecule has 0 aliphatic rings. The molecule has 0 spiro atoms. The molecule has 0 aliphatic carbocycles. The maximum atomic E-state index is 12.5. The Hall–Kier alpha value is -0.490. The number of hydrogen-bond donors (Lipinski definition) is 1. The van der Waals surface area contributed by atoms with Gasteiger partial charge in [-0.2, -0.15) is 8.42 Å². The lowest BCUT2D eigenvalue weighted by atomic mass is 9.95. The summed E-state index contributed by atoms with van der Waals surface area (Å²) in [5.74, 6) is -0.581. The third kappa shape index (κ3) is 3.65. The molecule has 0 aromatic heterocycles. The second kappa shape index (κ2) is 5.95. The van der Waals surface area contributed by atoms with Crippen LogP contribution >= 0.6 is 34.8 Å². The fourth-order valence-corrected chi connectivity index (χ4v) is 3.92. The van der Waals surface area contributed by atoms with Crippen molar-refractivity contribution in [1.29, 1.82) is 0 Å². The van der Waals surface area contributed by atoms with Crippen LogP contribution in [0.4, 0.5) is 0 Å². The number of sulfonamides is 1. The van der Waals surface area contributed by atoms with E-state index in [-0.39, 0.29) is 4.90 Å². The summed E-state index contributed by atoms with van der Waals surface area (Å²) in [7, 11) is -4.06. The Morgan fingerprint density at radius 2 is 1.24 bits per heavy atom. The lowest BCUT2D eigenvalue weighted by Gasteiger charge is -2.18. The van der Waals surface area contributed by atoms with E-state index < -0.39 is 19.7 Å². The highest BCUT2D eigenvalue weighted by atomic mass is 35.6. The molecule has 1 aromatic carbocycles. The Labute approximate surface area is 140 Å². The molecule has 21 heavy (non-hydrogen) atoms. The number of nitrogens with zero attached hydrogens (tertiary/aromatic N) is 1. The Balaban J connectivity index is 3.70. The normalized spacial score (nSPS) is 13.6. The quantitative estimate of drug-likeness (QED) is 0.490. The molecule has 0 fully saturated rings. The predicted molar refractivity (Wildman–Crippen MR) is 89.2 cm³/mol. The van der Waals surface area contributed by atoms with Crippen molar-refractivity contribution in [2.75, 3.05) is 0 Å². The number of benzene rings is 1. The summed E-state index contributed by atoms with van der Waals surface area (Å²) in [5, 5.41) is 0. The van der Waals surface area contributed by atoms with Gasteiger partial charge in [-0.25, -0.2) is 0 Å². The van der Waals surface area contributed by atoms with Gasteiger partial charge in [0.1, 0.15) is 0 Å². The van der Waals surface area contributed by atoms with Gasteiger partial charge in [0.05, 0.1) is 4.90 Å². The summed E-state index contributed by atoms with van der Waals surface area (Å²) < 4.78 is 26.4. The van der Waals surface area contributed by atoms with E-state index in [2.05, 4.69) is 4.40 Å². The monoisotopic (exact) mass is 370 g/mol. The summed E-state index contributed by atoms with van der Waals surface area (Å²) in [4.78, 5) is 0.111. The summed E-state index contributed by atoms with van der Waals surface area (Å²) in [5.41, 5.74) is 9.52. The molecule has 4 nitrogen and oxygen atoms in total. The first-order valence-corrected chi connectivity index (χ1v) is 8.62. The van der Waals surface area contributed by atoms with Crippen molar-refractivity contribution in [3.05, 3.63) is 27.8 Å². The van der Waals surface area contributed by atoms with Crippen LogP contribution in [0.5, 0.6) is 0 Å². The molecule has 8 heteroatoms. The van der Waals surface area contributed by atoms with Crippen LogP contribution in [0.2, 0.25) is 0 Å². The smallest absolute Gasteiger partial charge is 0.284 e. The fraction of sp³-hybridized carbons (Fsp3) is 0.462. The van der Waals surface area contributed by atoms with E-state index in [0.717, 1.165) is 16.7 Å². The molecule has 0 heterocycles. The standard InChI is InChI=1S/C13H17Cl3N2O2S/c1-6-7(2)9(4)11(10(5)8(6)3)21(19,20)18-12(17)13(14,15)16/h1-5H3,(H2,17,18). The van der Waals surface area contributed by atoms with Gasteiger partial charge < -0.3 is 5.73 Å². The maximum absolute atomic E-state index is 12.5. The lowest BCUT2D eigenvalue weighted by Crippen LogP contribution is -2.29. The molecule has 0 amide bonds. The van der Waals surface area contributed by atoms with Crippen LogP contribution in [0.3, 0.4) is 0 Å². The zero-order valence-electron chi connectivity index (χ0n) is 12.4. The number of nitrogens with two attached hydrogens (primary N) is 1. The molecule has 0 radical (unpaired) electrons. The third-order valence-electron chi connectivity index (χ3n) is 3.70. The topological polar surface area (TPSA) is 72.5 Å². The van der Waals surface area contributed by atoms with E-state index in [4.69, 9.17) is 40.5 Å². The molecule has 2 N–H and O–H groups in total. The fourth-order valence-electron chi connectivity index (χ4n) is 2.08. The summed E-state index contributed by atoms with van der Waals surface area (Å²) >= 11 is 16.7. The highest BCUT2D eigenvalue weighted by molar-refractivity contribution is 7.90. The highest BCUT2D eigenvalue weighted by Crippen LogP contribution is 2.32. The summed E-state index contributed by atoms with van der Waals surface area (Å²) in [6, 6.07) is 0. The van der Waals surface area contributed by atoms with E-state index in [0.29, 0.717) is 11.1 Å². The minimum atomic E-state index is -4.06. The van der Waals surface area contributed by atoms with Crippen LogP contribution in [-0.4, -0.2) is 18.0 Å². The average molecular weight is 372 g/mol. The Morgan fingerprint density at radius 3 is 1.57 bits per heavy atom. The van der Waals surface area contributed by atoms with Gasteiger partial charge in [0.25, 0.3) is 10.0 Å². The van der Waals surface area contributed by atoms with Crippen molar-refractivity contribution in [3.63, 3.8) is 0 Å². The van der Waals surface area contributed by atoms with Crippen molar-refractivity contribution in [2.24, 2.45) is 10.1 Å². The number of amidine groups is 1. The second-order valence-electron chi connectivity index (χ2n) is 4.90. The summed E-state index contributed by atoms with van der Waals surface area (Å²) in [6.07, 6.45) is 0. The molecule has 0 atom stereocenters. The van der Waals surface area contributed by atoms with Gasteiger partial charge in [0.15, 0.2) is 5.84 Å². The second-order valence-corrected chi connectivity index (χ2v) is 8.73. The minimum absolute atomic E-state index is 0.111. The van der Waals surface area contributed by atoms with Crippen molar-refractivity contribution in [3.8, 4) is 0 Å². The van der Waals surface area contributed by atoms with Gasteiger partial charge in [-0.1, -0.05) is 34.8 Å². The average Bonchev–Trinajstić information content (AvgIpc) is 2.32. The van der Waals surface area contributed by atoms with E-state index in [1.165, 1.54) is 0 Å². The van der Waals surface area contributed by atoms with Crippen LogP contribution in [-0.2, 0) is 10.0 Å². The van der Waals surface area contributed by atoms with E-state index >= 15 is 0 Å². The van der Waals surface area contributed by atoms with E-state index in [1.807, 2.05) is 20.8 Å². The van der Waals surface area contributed by atoms with Crippen molar-refractivity contribution < 1.29 is 8.42 Å². The molecule has 1 rings (SSSR count). The Bertz CT molecular complexity index is 691. The number of rotatable bonds is 2. The molecule has 1 aromatic rings. The maximum Gasteiger partial charge on any atom is 0.284 e. The number of alkyl halides is 3. The van der Waals surface area contributed by atoms with Crippen molar-refractivity contribution in [1.82, 2.24) is 0 Å². The molecular weight excluding hydrogens is 355 g/mol. The zero-order valence-corrected chi connectivity index (χ0v) is 15.5. The van der Waals surface area contributed by atoms with Gasteiger partial charge in [0, 0.05) is 0 Å². The number of halogens is 3. The Morgan fingerprint density at radius 1 is 0.905 bits per heavy atom. The first-order chi connectivity index (χ1) is 9.30. The first kappa shape index (κ1) is 18.6.